The largest absolute Gasteiger partial charge is 0.143 e. The van der Waals surface area contributed by atoms with Crippen molar-refractivity contribution in [1.82, 2.24) is 0 Å². The smallest absolute Gasteiger partial charge is 0.0119 e. The Hall–Kier alpha value is -1.64. The van der Waals surface area contributed by atoms with Crippen molar-refractivity contribution in [2.45, 2.75) is 29.1 Å². The van der Waals surface area contributed by atoms with E-state index in [2.05, 4.69) is 98.9 Å². The van der Waals surface area contributed by atoms with E-state index in [1.807, 2.05) is 6.07 Å². The molecule has 0 spiro atoms. The zero-order valence-electron chi connectivity index (χ0n) is 13.1. The minimum Gasteiger partial charge on any atom is -0.143 e. The Morgan fingerprint density at radius 1 is 0.783 bits per heavy atom. The van der Waals surface area contributed by atoms with Crippen LogP contribution in [0.15, 0.2) is 82.6 Å². The van der Waals surface area contributed by atoms with Crippen LogP contribution in [-0.4, -0.2) is 0 Å². The minimum absolute atomic E-state index is 0.389. The lowest BCUT2D eigenvalue weighted by Gasteiger charge is -2.18. The van der Waals surface area contributed by atoms with E-state index < -0.39 is 0 Å². The molecule has 1 atom stereocenters. The van der Waals surface area contributed by atoms with Crippen molar-refractivity contribution in [2.75, 3.05) is 0 Å². The Morgan fingerprint density at radius 2 is 1.43 bits per heavy atom. The molecule has 0 fully saturated rings. The first-order valence-electron chi connectivity index (χ1n) is 7.86. The molecule has 23 heavy (non-hydrogen) atoms. The molecule has 0 saturated heterocycles. The van der Waals surface area contributed by atoms with Gasteiger partial charge in [-0.2, -0.15) is 0 Å². The van der Waals surface area contributed by atoms with Gasteiger partial charge in [-0.15, -0.1) is 25.3 Å². The molecule has 0 aliphatic heterocycles. The van der Waals surface area contributed by atoms with Crippen molar-refractivity contribution in [2.24, 2.45) is 0 Å². The van der Waals surface area contributed by atoms with Crippen LogP contribution in [0.25, 0.3) is 11.1 Å². The molecule has 0 N–H and O–H groups in total. The summed E-state index contributed by atoms with van der Waals surface area (Å²) in [6.07, 6.45) is 1.06. The third-order valence-corrected chi connectivity index (χ3v) is 4.90. The van der Waals surface area contributed by atoms with Gasteiger partial charge in [-0.1, -0.05) is 55.5 Å². The Labute approximate surface area is 149 Å². The monoisotopic (exact) mass is 336 g/mol. The second-order valence-corrected chi connectivity index (χ2v) is 6.69. The van der Waals surface area contributed by atoms with Gasteiger partial charge in [0.2, 0.25) is 0 Å². The average Bonchev–Trinajstić information content (AvgIpc) is 2.59. The van der Waals surface area contributed by atoms with Gasteiger partial charge in [-0.25, -0.2) is 0 Å². The number of hydrogen-bond acceptors (Lipinski definition) is 2. The Kier molecular flexibility index (Phi) is 5.14. The molecule has 0 nitrogen and oxygen atoms in total. The molecule has 0 heterocycles. The maximum atomic E-state index is 4.64. The predicted octanol–water partition coefficient (Wildman–Crippen LogP) is 6.47. The van der Waals surface area contributed by atoms with Crippen LogP contribution in [0.1, 0.15) is 30.4 Å². The van der Waals surface area contributed by atoms with Gasteiger partial charge in [0.25, 0.3) is 0 Å². The van der Waals surface area contributed by atoms with Crippen molar-refractivity contribution in [1.29, 1.82) is 0 Å². The van der Waals surface area contributed by atoms with Crippen LogP contribution in [0, 0.1) is 0 Å². The van der Waals surface area contributed by atoms with Gasteiger partial charge in [0.05, 0.1) is 0 Å². The first-order valence-corrected chi connectivity index (χ1v) is 8.75. The third-order valence-electron chi connectivity index (χ3n) is 4.21. The Bertz CT molecular complexity index is 777. The summed E-state index contributed by atoms with van der Waals surface area (Å²) in [4.78, 5) is 2.01. The highest BCUT2D eigenvalue weighted by atomic mass is 32.1. The highest BCUT2D eigenvalue weighted by molar-refractivity contribution is 7.80. The summed E-state index contributed by atoms with van der Waals surface area (Å²) in [7, 11) is 0. The second kappa shape index (κ2) is 7.29. The summed E-state index contributed by atoms with van der Waals surface area (Å²) in [5.74, 6) is 0.389. The molecule has 0 amide bonds. The van der Waals surface area contributed by atoms with Gasteiger partial charge in [0.15, 0.2) is 0 Å². The van der Waals surface area contributed by atoms with Gasteiger partial charge in [-0.3, -0.25) is 0 Å². The van der Waals surface area contributed by atoms with Crippen LogP contribution < -0.4 is 0 Å². The van der Waals surface area contributed by atoms with E-state index >= 15 is 0 Å². The second-order valence-electron chi connectivity index (χ2n) is 5.69. The maximum absolute atomic E-state index is 4.64. The first-order chi connectivity index (χ1) is 11.2. The summed E-state index contributed by atoms with van der Waals surface area (Å²) in [6.45, 7) is 2.23. The lowest BCUT2D eigenvalue weighted by Crippen LogP contribution is -2.00. The molecule has 3 rings (SSSR count). The fourth-order valence-electron chi connectivity index (χ4n) is 2.99. The van der Waals surface area contributed by atoms with E-state index in [1.165, 1.54) is 22.3 Å². The van der Waals surface area contributed by atoms with Crippen LogP contribution in [0.4, 0.5) is 0 Å². The van der Waals surface area contributed by atoms with E-state index in [0.717, 1.165) is 16.2 Å². The molecule has 3 aromatic rings. The third kappa shape index (κ3) is 3.65. The predicted molar refractivity (Wildman–Crippen MR) is 105 cm³/mol. The summed E-state index contributed by atoms with van der Waals surface area (Å²) < 4.78 is 0. The van der Waals surface area contributed by atoms with Crippen molar-refractivity contribution in [3.8, 4) is 11.1 Å². The molecule has 1 unspecified atom stereocenters. The minimum atomic E-state index is 0.389. The fraction of sp³-hybridized carbons (Fsp3) is 0.143. The van der Waals surface area contributed by atoms with Crippen molar-refractivity contribution in [3.63, 3.8) is 0 Å². The van der Waals surface area contributed by atoms with Crippen molar-refractivity contribution >= 4 is 25.3 Å². The summed E-state index contributed by atoms with van der Waals surface area (Å²) in [5.41, 5.74) is 5.06. The molecule has 0 aromatic heterocycles. The van der Waals surface area contributed by atoms with Crippen LogP contribution >= 0.6 is 25.3 Å². The summed E-state index contributed by atoms with van der Waals surface area (Å²) in [6, 6.07) is 25.5. The number of benzene rings is 3. The van der Waals surface area contributed by atoms with Crippen LogP contribution in [-0.2, 0) is 0 Å². The maximum Gasteiger partial charge on any atom is 0.0119 e. The lowest BCUT2D eigenvalue weighted by atomic mass is 9.87. The molecule has 0 aliphatic rings. The normalized spacial score (nSPS) is 12.1. The topological polar surface area (TPSA) is 0 Å². The fourth-order valence-corrected chi connectivity index (χ4v) is 3.41. The molecule has 0 aliphatic carbocycles. The molecular weight excluding hydrogens is 316 g/mol. The summed E-state index contributed by atoms with van der Waals surface area (Å²) >= 11 is 9.03. The molecule has 116 valence electrons. The number of rotatable bonds is 4. The van der Waals surface area contributed by atoms with Gasteiger partial charge >= 0.3 is 0 Å². The van der Waals surface area contributed by atoms with E-state index in [4.69, 9.17) is 0 Å². The van der Waals surface area contributed by atoms with E-state index in [-0.39, 0.29) is 0 Å². The van der Waals surface area contributed by atoms with E-state index in [0.29, 0.717) is 5.92 Å². The Balaban J connectivity index is 2.03. The van der Waals surface area contributed by atoms with Gasteiger partial charge in [0, 0.05) is 15.7 Å². The zero-order chi connectivity index (χ0) is 16.2. The van der Waals surface area contributed by atoms with Crippen LogP contribution in [0.5, 0.6) is 0 Å². The van der Waals surface area contributed by atoms with E-state index in [9.17, 15) is 0 Å². The molecular formula is C21H20S2. The highest BCUT2D eigenvalue weighted by Crippen LogP contribution is 2.34. The molecule has 0 saturated carbocycles. The molecule has 0 bridgehead atoms. The van der Waals surface area contributed by atoms with Crippen molar-refractivity contribution < 1.29 is 0 Å². The SMILES string of the molecule is CCC(c1ccc(S)cc1)c1ccc(S)c(-c2ccccc2)c1. The van der Waals surface area contributed by atoms with Gasteiger partial charge in [0.1, 0.15) is 0 Å². The lowest BCUT2D eigenvalue weighted by molar-refractivity contribution is 0.776. The van der Waals surface area contributed by atoms with Crippen LogP contribution in [0.3, 0.4) is 0 Å². The standard InChI is InChI=1S/C21H20S2/c1-2-19(16-8-11-18(22)12-9-16)17-10-13-21(23)20(14-17)15-6-4-3-5-7-15/h3-14,19,22-23H,2H2,1H3. The number of thiol groups is 2. The van der Waals surface area contributed by atoms with Crippen LogP contribution in [0.2, 0.25) is 0 Å². The van der Waals surface area contributed by atoms with Gasteiger partial charge < -0.3 is 0 Å². The molecule has 2 heteroatoms. The molecule has 3 aromatic carbocycles. The number of hydrogen-bond donors (Lipinski definition) is 2. The highest BCUT2D eigenvalue weighted by Gasteiger charge is 2.14. The summed E-state index contributed by atoms with van der Waals surface area (Å²) in [5, 5.41) is 0. The molecule has 0 radical (unpaired) electrons. The van der Waals surface area contributed by atoms with E-state index in [1.54, 1.807) is 0 Å². The van der Waals surface area contributed by atoms with Gasteiger partial charge in [-0.05, 0) is 52.9 Å². The first kappa shape index (κ1) is 16.2. The average molecular weight is 337 g/mol. The Morgan fingerprint density at radius 3 is 2.09 bits per heavy atom. The zero-order valence-corrected chi connectivity index (χ0v) is 14.9. The quantitative estimate of drug-likeness (QED) is 0.501. The van der Waals surface area contributed by atoms with Crippen molar-refractivity contribution in [3.05, 3.63) is 83.9 Å².